The van der Waals surface area contributed by atoms with E-state index in [4.69, 9.17) is 0 Å². The highest BCUT2D eigenvalue weighted by Gasteiger charge is 2.03. The average molecular weight is 165 g/mol. The van der Waals surface area contributed by atoms with E-state index in [1.807, 2.05) is 12.1 Å². The third-order valence-electron chi connectivity index (χ3n) is 1.92. The highest BCUT2D eigenvalue weighted by molar-refractivity contribution is 4.98. The van der Waals surface area contributed by atoms with Crippen LogP contribution in [0.25, 0.3) is 0 Å². The molecule has 1 aromatic rings. The first-order valence-electron chi connectivity index (χ1n) is 4.17. The molecular weight excluding hydrogens is 150 g/mol. The van der Waals surface area contributed by atoms with Crippen LogP contribution in [-0.2, 0) is 6.54 Å². The van der Waals surface area contributed by atoms with Crippen molar-refractivity contribution < 1.29 is 0 Å². The zero-order valence-electron chi connectivity index (χ0n) is 7.86. The van der Waals surface area contributed by atoms with Crippen LogP contribution in [0, 0.1) is 0 Å². The van der Waals surface area contributed by atoms with Gasteiger partial charge in [0.25, 0.3) is 0 Å². The van der Waals surface area contributed by atoms with E-state index in [2.05, 4.69) is 36.0 Å². The molecule has 3 heteroatoms. The number of rotatable bonds is 3. The molecule has 0 amide bonds. The Balaban J connectivity index is 2.53. The molecule has 1 rings (SSSR count). The highest BCUT2D eigenvalue weighted by atomic mass is 15.2. The fourth-order valence-electron chi connectivity index (χ4n) is 0.856. The summed E-state index contributed by atoms with van der Waals surface area (Å²) in [4.78, 5) is 2.23. The molecule has 1 heterocycles. The minimum Gasteiger partial charge on any atom is -0.298 e. The van der Waals surface area contributed by atoms with E-state index in [9.17, 15) is 0 Å². The molecule has 0 unspecified atom stereocenters. The Morgan fingerprint density at radius 1 is 1.50 bits per heavy atom. The Hall–Kier alpha value is -0.960. The molecule has 0 aliphatic rings. The second-order valence-corrected chi connectivity index (χ2v) is 3.22. The predicted molar refractivity (Wildman–Crippen MR) is 48.6 cm³/mol. The second-order valence-electron chi connectivity index (χ2n) is 3.22. The summed E-state index contributed by atoms with van der Waals surface area (Å²) in [6, 6.07) is 4.45. The van der Waals surface area contributed by atoms with E-state index in [-0.39, 0.29) is 0 Å². The quantitative estimate of drug-likeness (QED) is 0.676. The number of hydrogen-bond donors (Lipinski definition) is 0. The first kappa shape index (κ1) is 9.13. The lowest BCUT2D eigenvalue weighted by Crippen LogP contribution is -2.26. The van der Waals surface area contributed by atoms with Gasteiger partial charge in [-0.1, -0.05) is 0 Å². The molecule has 0 N–H and O–H groups in total. The molecule has 0 saturated heterocycles. The van der Waals surface area contributed by atoms with Crippen molar-refractivity contribution in [1.82, 2.24) is 15.1 Å². The molecule has 0 spiro atoms. The second kappa shape index (κ2) is 4.16. The summed E-state index contributed by atoms with van der Waals surface area (Å²) in [5.74, 6) is 0. The normalized spacial score (nSPS) is 11.1. The standard InChI is InChI=1S/C9H15N3/c1-8(2)12(3)7-9-5-4-6-10-11-9/h4-6,8H,7H2,1-3H3. The first-order valence-corrected chi connectivity index (χ1v) is 4.17. The molecule has 0 bridgehead atoms. The minimum atomic E-state index is 0.548. The smallest absolute Gasteiger partial charge is 0.0771 e. The van der Waals surface area contributed by atoms with Crippen LogP contribution in [-0.4, -0.2) is 28.2 Å². The summed E-state index contributed by atoms with van der Waals surface area (Å²) in [5, 5.41) is 7.83. The van der Waals surface area contributed by atoms with Crippen LogP contribution in [0.3, 0.4) is 0 Å². The van der Waals surface area contributed by atoms with Gasteiger partial charge in [-0.2, -0.15) is 10.2 Å². The SMILES string of the molecule is CC(C)N(C)Cc1cccnn1. The zero-order valence-corrected chi connectivity index (χ0v) is 7.86. The van der Waals surface area contributed by atoms with Crippen LogP contribution >= 0.6 is 0 Å². The van der Waals surface area contributed by atoms with E-state index in [1.54, 1.807) is 6.20 Å². The summed E-state index contributed by atoms with van der Waals surface area (Å²) in [7, 11) is 2.08. The van der Waals surface area contributed by atoms with E-state index in [1.165, 1.54) is 0 Å². The van der Waals surface area contributed by atoms with Gasteiger partial charge >= 0.3 is 0 Å². The van der Waals surface area contributed by atoms with Gasteiger partial charge in [-0.3, -0.25) is 4.90 Å². The lowest BCUT2D eigenvalue weighted by molar-refractivity contribution is 0.262. The topological polar surface area (TPSA) is 29.0 Å². The lowest BCUT2D eigenvalue weighted by Gasteiger charge is -2.19. The van der Waals surface area contributed by atoms with Gasteiger partial charge in [-0.25, -0.2) is 0 Å². The van der Waals surface area contributed by atoms with Crippen LogP contribution in [0.2, 0.25) is 0 Å². The molecule has 0 radical (unpaired) electrons. The molecule has 66 valence electrons. The van der Waals surface area contributed by atoms with Crippen LogP contribution in [0.1, 0.15) is 19.5 Å². The van der Waals surface area contributed by atoms with Crippen molar-refractivity contribution in [2.45, 2.75) is 26.4 Å². The molecule has 0 fully saturated rings. The molecule has 12 heavy (non-hydrogen) atoms. The van der Waals surface area contributed by atoms with Crippen molar-refractivity contribution in [3.05, 3.63) is 24.0 Å². The Morgan fingerprint density at radius 2 is 2.25 bits per heavy atom. The Bertz CT molecular complexity index is 220. The van der Waals surface area contributed by atoms with E-state index in [0.29, 0.717) is 6.04 Å². The molecule has 0 atom stereocenters. The van der Waals surface area contributed by atoms with Crippen molar-refractivity contribution in [1.29, 1.82) is 0 Å². The Morgan fingerprint density at radius 3 is 2.75 bits per heavy atom. The number of aromatic nitrogens is 2. The minimum absolute atomic E-state index is 0.548. The van der Waals surface area contributed by atoms with Crippen LogP contribution in [0.5, 0.6) is 0 Å². The number of hydrogen-bond acceptors (Lipinski definition) is 3. The average Bonchev–Trinajstić information content (AvgIpc) is 2.06. The first-order chi connectivity index (χ1) is 5.70. The van der Waals surface area contributed by atoms with Gasteiger partial charge in [0.1, 0.15) is 0 Å². The van der Waals surface area contributed by atoms with Crippen LogP contribution < -0.4 is 0 Å². The summed E-state index contributed by atoms with van der Waals surface area (Å²) >= 11 is 0. The zero-order chi connectivity index (χ0) is 8.97. The van der Waals surface area contributed by atoms with Crippen LogP contribution in [0.15, 0.2) is 18.3 Å². The molecule has 1 aromatic heterocycles. The Labute approximate surface area is 73.4 Å². The molecular formula is C9H15N3. The van der Waals surface area contributed by atoms with Gasteiger partial charge in [0.15, 0.2) is 0 Å². The fourth-order valence-corrected chi connectivity index (χ4v) is 0.856. The summed E-state index contributed by atoms with van der Waals surface area (Å²) in [6.07, 6.45) is 1.69. The Kier molecular flexibility index (Phi) is 3.17. The van der Waals surface area contributed by atoms with Crippen LogP contribution in [0.4, 0.5) is 0 Å². The fraction of sp³-hybridized carbons (Fsp3) is 0.556. The maximum atomic E-state index is 4.01. The molecule has 0 aromatic carbocycles. The van der Waals surface area contributed by atoms with E-state index in [0.717, 1.165) is 12.2 Å². The summed E-state index contributed by atoms with van der Waals surface area (Å²) in [5.41, 5.74) is 1.02. The summed E-state index contributed by atoms with van der Waals surface area (Å²) in [6.45, 7) is 5.19. The van der Waals surface area contributed by atoms with E-state index < -0.39 is 0 Å². The van der Waals surface area contributed by atoms with Gasteiger partial charge < -0.3 is 0 Å². The molecule has 0 saturated carbocycles. The van der Waals surface area contributed by atoms with Gasteiger partial charge in [0, 0.05) is 18.8 Å². The van der Waals surface area contributed by atoms with E-state index >= 15 is 0 Å². The van der Waals surface area contributed by atoms with Crippen molar-refractivity contribution in [3.63, 3.8) is 0 Å². The molecule has 0 aliphatic carbocycles. The predicted octanol–water partition coefficient (Wildman–Crippen LogP) is 1.32. The van der Waals surface area contributed by atoms with Crippen molar-refractivity contribution >= 4 is 0 Å². The summed E-state index contributed by atoms with van der Waals surface area (Å²) < 4.78 is 0. The maximum Gasteiger partial charge on any atom is 0.0771 e. The van der Waals surface area contributed by atoms with Gasteiger partial charge in [0.2, 0.25) is 0 Å². The number of nitrogens with zero attached hydrogens (tertiary/aromatic N) is 3. The van der Waals surface area contributed by atoms with Crippen molar-refractivity contribution in [2.75, 3.05) is 7.05 Å². The third kappa shape index (κ3) is 2.58. The molecule has 3 nitrogen and oxygen atoms in total. The van der Waals surface area contributed by atoms with Crippen molar-refractivity contribution in [2.24, 2.45) is 0 Å². The third-order valence-corrected chi connectivity index (χ3v) is 1.92. The van der Waals surface area contributed by atoms with Gasteiger partial charge in [0.05, 0.1) is 5.69 Å². The van der Waals surface area contributed by atoms with Crippen molar-refractivity contribution in [3.8, 4) is 0 Å². The largest absolute Gasteiger partial charge is 0.298 e. The monoisotopic (exact) mass is 165 g/mol. The van der Waals surface area contributed by atoms with Gasteiger partial charge in [-0.15, -0.1) is 0 Å². The lowest BCUT2D eigenvalue weighted by atomic mass is 10.3. The maximum absolute atomic E-state index is 4.01. The highest BCUT2D eigenvalue weighted by Crippen LogP contribution is 2.00. The molecule has 0 aliphatic heterocycles. The van der Waals surface area contributed by atoms with Gasteiger partial charge in [-0.05, 0) is 33.0 Å².